The average molecular weight is 215 g/mol. The van der Waals surface area contributed by atoms with E-state index in [1.807, 2.05) is 6.92 Å². The fraction of sp³-hybridized carbons (Fsp3) is 1.00. The fourth-order valence-electron chi connectivity index (χ4n) is 2.13. The van der Waals surface area contributed by atoms with Crippen LogP contribution in [-0.2, 0) is 4.74 Å². The third kappa shape index (κ3) is 4.49. The molecule has 1 saturated carbocycles. The molecule has 0 amide bonds. The Hall–Kier alpha value is -0.120. The summed E-state index contributed by atoms with van der Waals surface area (Å²) in [6.45, 7) is 3.10. The third-order valence-corrected chi connectivity index (χ3v) is 3.48. The normalized spacial score (nSPS) is 21.8. The van der Waals surface area contributed by atoms with Gasteiger partial charge in [-0.15, -0.1) is 0 Å². The first kappa shape index (κ1) is 12.9. The molecule has 0 aromatic rings. The maximum atomic E-state index is 9.94. The van der Waals surface area contributed by atoms with E-state index in [0.29, 0.717) is 12.6 Å². The predicted molar refractivity (Wildman–Crippen MR) is 61.7 cm³/mol. The lowest BCUT2D eigenvalue weighted by molar-refractivity contribution is 0.0105. The van der Waals surface area contributed by atoms with E-state index in [2.05, 4.69) is 0 Å². The van der Waals surface area contributed by atoms with E-state index in [1.165, 1.54) is 25.7 Å². The van der Waals surface area contributed by atoms with E-state index in [-0.39, 0.29) is 0 Å². The first-order valence-corrected chi connectivity index (χ1v) is 6.24. The molecule has 1 atom stereocenters. The smallest absolute Gasteiger partial charge is 0.0767 e. The fourth-order valence-corrected chi connectivity index (χ4v) is 2.13. The summed E-state index contributed by atoms with van der Waals surface area (Å²) in [5, 5.41) is 9.94. The van der Waals surface area contributed by atoms with E-state index < -0.39 is 5.60 Å². The van der Waals surface area contributed by atoms with Crippen LogP contribution in [0.15, 0.2) is 0 Å². The van der Waals surface area contributed by atoms with Crippen molar-refractivity contribution in [2.75, 3.05) is 13.2 Å². The summed E-state index contributed by atoms with van der Waals surface area (Å²) in [6.07, 6.45) is 7.94. The number of rotatable bonds is 7. The van der Waals surface area contributed by atoms with Crippen LogP contribution in [0.3, 0.4) is 0 Å². The minimum atomic E-state index is -0.668. The molecule has 1 aliphatic rings. The number of hydrogen-bond donors (Lipinski definition) is 2. The summed E-state index contributed by atoms with van der Waals surface area (Å²) in [4.78, 5) is 0. The van der Waals surface area contributed by atoms with Crippen molar-refractivity contribution in [2.24, 2.45) is 5.73 Å². The maximum Gasteiger partial charge on any atom is 0.0767 e. The zero-order valence-electron chi connectivity index (χ0n) is 9.87. The minimum absolute atomic E-state index is 0.354. The van der Waals surface area contributed by atoms with Gasteiger partial charge in [0.1, 0.15) is 0 Å². The Morgan fingerprint density at radius 1 is 1.40 bits per heavy atom. The highest BCUT2D eigenvalue weighted by Crippen LogP contribution is 2.22. The van der Waals surface area contributed by atoms with Gasteiger partial charge in [-0.05, 0) is 32.1 Å². The highest BCUT2D eigenvalue weighted by molar-refractivity contribution is 4.77. The van der Waals surface area contributed by atoms with Crippen LogP contribution in [0.25, 0.3) is 0 Å². The quantitative estimate of drug-likeness (QED) is 0.637. The van der Waals surface area contributed by atoms with Crippen molar-refractivity contribution in [1.29, 1.82) is 0 Å². The highest BCUT2D eigenvalue weighted by atomic mass is 16.5. The maximum absolute atomic E-state index is 9.94. The van der Waals surface area contributed by atoms with Gasteiger partial charge in [0.2, 0.25) is 0 Å². The van der Waals surface area contributed by atoms with Gasteiger partial charge in [-0.2, -0.15) is 0 Å². The van der Waals surface area contributed by atoms with Gasteiger partial charge in [-0.3, -0.25) is 0 Å². The summed E-state index contributed by atoms with van der Waals surface area (Å²) in [6, 6.07) is 0. The van der Waals surface area contributed by atoms with Gasteiger partial charge < -0.3 is 15.6 Å². The molecule has 15 heavy (non-hydrogen) atoms. The van der Waals surface area contributed by atoms with Crippen LogP contribution in [0, 0.1) is 0 Å². The first-order valence-electron chi connectivity index (χ1n) is 6.24. The molecule has 1 aliphatic carbocycles. The van der Waals surface area contributed by atoms with Crippen molar-refractivity contribution in [3.05, 3.63) is 0 Å². The van der Waals surface area contributed by atoms with Crippen LogP contribution in [0.2, 0.25) is 0 Å². The Bertz CT molecular complexity index is 163. The number of hydrogen-bond acceptors (Lipinski definition) is 3. The second-order valence-corrected chi connectivity index (χ2v) is 4.66. The zero-order chi connectivity index (χ0) is 11.1. The van der Waals surface area contributed by atoms with Crippen molar-refractivity contribution in [3.8, 4) is 0 Å². The van der Waals surface area contributed by atoms with Crippen molar-refractivity contribution in [2.45, 2.75) is 63.6 Å². The van der Waals surface area contributed by atoms with E-state index in [4.69, 9.17) is 10.5 Å². The molecule has 0 heterocycles. The number of ether oxygens (including phenoxy) is 1. The van der Waals surface area contributed by atoms with Gasteiger partial charge in [-0.1, -0.05) is 19.8 Å². The van der Waals surface area contributed by atoms with Crippen molar-refractivity contribution in [1.82, 2.24) is 0 Å². The topological polar surface area (TPSA) is 55.5 Å². The molecule has 90 valence electrons. The molecule has 3 nitrogen and oxygen atoms in total. The summed E-state index contributed by atoms with van der Waals surface area (Å²) >= 11 is 0. The Morgan fingerprint density at radius 2 is 2.07 bits per heavy atom. The lowest BCUT2D eigenvalue weighted by atomic mass is 9.95. The van der Waals surface area contributed by atoms with Gasteiger partial charge in [-0.25, -0.2) is 0 Å². The Kier molecular flexibility index (Phi) is 5.58. The molecule has 0 aromatic carbocycles. The summed E-state index contributed by atoms with van der Waals surface area (Å²) in [7, 11) is 0. The van der Waals surface area contributed by atoms with Crippen LogP contribution in [0.1, 0.15) is 51.9 Å². The zero-order valence-corrected chi connectivity index (χ0v) is 9.87. The Morgan fingerprint density at radius 3 is 2.60 bits per heavy atom. The van der Waals surface area contributed by atoms with Crippen LogP contribution < -0.4 is 5.73 Å². The Balaban J connectivity index is 2.04. The van der Waals surface area contributed by atoms with Gasteiger partial charge in [0.25, 0.3) is 0 Å². The molecule has 1 unspecified atom stereocenters. The van der Waals surface area contributed by atoms with E-state index in [9.17, 15) is 5.11 Å². The van der Waals surface area contributed by atoms with Gasteiger partial charge in [0, 0.05) is 13.2 Å². The molecule has 0 aromatic heterocycles. The first-order chi connectivity index (χ1) is 7.20. The van der Waals surface area contributed by atoms with Crippen LogP contribution >= 0.6 is 0 Å². The second-order valence-electron chi connectivity index (χ2n) is 4.66. The third-order valence-electron chi connectivity index (χ3n) is 3.48. The number of aliphatic hydroxyl groups is 1. The predicted octanol–water partition coefficient (Wildman–Crippen LogP) is 1.83. The Labute approximate surface area is 93.0 Å². The SMILES string of the molecule is CCC(O)(CN)CCCOC1CCCC1. The van der Waals surface area contributed by atoms with Crippen LogP contribution in [0.5, 0.6) is 0 Å². The summed E-state index contributed by atoms with van der Waals surface area (Å²) < 4.78 is 5.74. The molecule has 0 aliphatic heterocycles. The molecule has 0 spiro atoms. The van der Waals surface area contributed by atoms with E-state index >= 15 is 0 Å². The molecular weight excluding hydrogens is 190 g/mol. The van der Waals surface area contributed by atoms with E-state index in [0.717, 1.165) is 25.9 Å². The summed E-state index contributed by atoms with van der Waals surface area (Å²) in [5.74, 6) is 0. The lowest BCUT2D eigenvalue weighted by Crippen LogP contribution is -2.37. The molecule has 0 radical (unpaired) electrons. The largest absolute Gasteiger partial charge is 0.389 e. The van der Waals surface area contributed by atoms with Crippen LogP contribution in [0.4, 0.5) is 0 Å². The molecule has 3 heteroatoms. The van der Waals surface area contributed by atoms with Crippen molar-refractivity contribution >= 4 is 0 Å². The van der Waals surface area contributed by atoms with Gasteiger partial charge >= 0.3 is 0 Å². The van der Waals surface area contributed by atoms with Crippen molar-refractivity contribution < 1.29 is 9.84 Å². The standard InChI is InChI=1S/C12H25NO2/c1-2-12(14,10-13)8-5-9-15-11-6-3-4-7-11/h11,14H,2-10,13H2,1H3. The molecule has 3 N–H and O–H groups in total. The minimum Gasteiger partial charge on any atom is -0.389 e. The average Bonchev–Trinajstić information content (AvgIpc) is 2.77. The molecule has 0 saturated heterocycles. The van der Waals surface area contributed by atoms with Crippen LogP contribution in [-0.4, -0.2) is 30.0 Å². The van der Waals surface area contributed by atoms with Gasteiger partial charge in [0.05, 0.1) is 11.7 Å². The van der Waals surface area contributed by atoms with Gasteiger partial charge in [0.15, 0.2) is 0 Å². The molecule has 1 rings (SSSR count). The van der Waals surface area contributed by atoms with E-state index in [1.54, 1.807) is 0 Å². The molecular formula is C12H25NO2. The lowest BCUT2D eigenvalue weighted by Gasteiger charge is -2.24. The highest BCUT2D eigenvalue weighted by Gasteiger charge is 2.22. The second kappa shape index (κ2) is 6.46. The molecule has 1 fully saturated rings. The summed E-state index contributed by atoms with van der Waals surface area (Å²) in [5.41, 5.74) is 4.86. The van der Waals surface area contributed by atoms with Crippen molar-refractivity contribution in [3.63, 3.8) is 0 Å². The molecule has 0 bridgehead atoms. The monoisotopic (exact) mass is 215 g/mol. The number of nitrogens with two attached hydrogens (primary N) is 1.